The summed E-state index contributed by atoms with van der Waals surface area (Å²) < 4.78 is 5.42. The molecule has 3 aromatic heterocycles. The van der Waals surface area contributed by atoms with Gasteiger partial charge in [0.1, 0.15) is 12.3 Å². The van der Waals surface area contributed by atoms with E-state index in [4.69, 9.17) is 4.42 Å². The van der Waals surface area contributed by atoms with Crippen molar-refractivity contribution in [1.82, 2.24) is 20.0 Å². The summed E-state index contributed by atoms with van der Waals surface area (Å²) in [5.41, 5.74) is 1.85. The Balaban J connectivity index is 1.19. The van der Waals surface area contributed by atoms with Crippen molar-refractivity contribution in [3.8, 4) is 11.3 Å². The van der Waals surface area contributed by atoms with Gasteiger partial charge in [0.05, 0.1) is 23.4 Å². The Morgan fingerprint density at radius 3 is 2.40 bits per heavy atom. The highest BCUT2D eigenvalue weighted by Crippen LogP contribution is 2.20. The summed E-state index contributed by atoms with van der Waals surface area (Å²) in [5.74, 6) is 1.19. The van der Waals surface area contributed by atoms with Crippen molar-refractivity contribution in [3.63, 3.8) is 0 Å². The van der Waals surface area contributed by atoms with Crippen molar-refractivity contribution in [2.75, 3.05) is 37.6 Å². The van der Waals surface area contributed by atoms with Crippen LogP contribution < -0.4 is 4.90 Å². The number of rotatable bonds is 7. The van der Waals surface area contributed by atoms with Crippen molar-refractivity contribution < 1.29 is 14.0 Å². The van der Waals surface area contributed by atoms with E-state index in [1.165, 1.54) is 11.3 Å². The number of hydrogen-bond acceptors (Lipinski definition) is 7. The third kappa shape index (κ3) is 5.41. The van der Waals surface area contributed by atoms with Crippen molar-refractivity contribution in [3.05, 3.63) is 89.0 Å². The van der Waals surface area contributed by atoms with Crippen molar-refractivity contribution in [2.45, 2.75) is 6.54 Å². The summed E-state index contributed by atoms with van der Waals surface area (Å²) >= 11 is 1.37. The number of benzene rings is 1. The van der Waals surface area contributed by atoms with E-state index < -0.39 is 0 Å². The highest BCUT2D eigenvalue weighted by atomic mass is 32.1. The van der Waals surface area contributed by atoms with E-state index in [0.29, 0.717) is 36.8 Å². The van der Waals surface area contributed by atoms with Gasteiger partial charge in [0.15, 0.2) is 5.82 Å². The van der Waals surface area contributed by atoms with E-state index in [-0.39, 0.29) is 24.9 Å². The van der Waals surface area contributed by atoms with Crippen molar-refractivity contribution in [2.24, 2.45) is 0 Å². The molecule has 8 nitrogen and oxygen atoms in total. The Kier molecular flexibility index (Phi) is 6.85. The Morgan fingerprint density at radius 2 is 1.74 bits per heavy atom. The second-order valence-corrected chi connectivity index (χ2v) is 9.18. The molecule has 35 heavy (non-hydrogen) atoms. The Labute approximate surface area is 207 Å². The quantitative estimate of drug-likeness (QED) is 0.395. The molecular weight excluding hydrogens is 462 g/mol. The van der Waals surface area contributed by atoms with E-state index in [1.54, 1.807) is 28.2 Å². The van der Waals surface area contributed by atoms with Gasteiger partial charge in [0, 0.05) is 31.7 Å². The zero-order valence-electron chi connectivity index (χ0n) is 19.1. The van der Waals surface area contributed by atoms with Crippen LogP contribution in [0.3, 0.4) is 0 Å². The fraction of sp³-hybridized carbons (Fsp3) is 0.231. The van der Waals surface area contributed by atoms with Crippen LogP contribution in [0.1, 0.15) is 15.4 Å². The zero-order chi connectivity index (χ0) is 24.0. The molecule has 0 atom stereocenters. The normalized spacial score (nSPS) is 13.6. The number of aromatic nitrogens is 2. The summed E-state index contributed by atoms with van der Waals surface area (Å²) in [7, 11) is 0. The van der Waals surface area contributed by atoms with Gasteiger partial charge in [-0.15, -0.1) is 21.5 Å². The number of nitrogens with zero attached hydrogens (tertiary/aromatic N) is 5. The number of hydrogen-bond donors (Lipinski definition) is 0. The van der Waals surface area contributed by atoms with Gasteiger partial charge in [-0.3, -0.25) is 9.59 Å². The molecule has 5 rings (SSSR count). The molecule has 0 unspecified atom stereocenters. The molecule has 0 N–H and O–H groups in total. The van der Waals surface area contributed by atoms with E-state index >= 15 is 0 Å². The van der Waals surface area contributed by atoms with E-state index in [0.717, 1.165) is 17.1 Å². The monoisotopic (exact) mass is 487 g/mol. The first-order chi connectivity index (χ1) is 17.2. The summed E-state index contributed by atoms with van der Waals surface area (Å²) in [6, 6.07) is 21.1. The predicted molar refractivity (Wildman–Crippen MR) is 134 cm³/mol. The number of furan rings is 1. The van der Waals surface area contributed by atoms with Gasteiger partial charge < -0.3 is 19.1 Å². The van der Waals surface area contributed by atoms with E-state index in [1.807, 2.05) is 60.0 Å². The molecule has 4 aromatic rings. The minimum absolute atomic E-state index is 0.00299. The number of carbonyl (C=O) groups is 2. The van der Waals surface area contributed by atoms with Gasteiger partial charge in [-0.05, 0) is 35.7 Å². The molecule has 1 aliphatic heterocycles. The summed E-state index contributed by atoms with van der Waals surface area (Å²) in [4.78, 5) is 32.2. The second-order valence-electron chi connectivity index (χ2n) is 8.23. The minimum Gasteiger partial charge on any atom is -0.467 e. The maximum atomic E-state index is 13.1. The summed E-state index contributed by atoms with van der Waals surface area (Å²) in [6.07, 6.45) is 1.57. The SMILES string of the molecule is O=C(CN(Cc1ccco1)C(=O)c1cccs1)N1CCN(c2ccc(-c3ccccc3)nn2)CC1. The molecule has 0 aliphatic carbocycles. The van der Waals surface area contributed by atoms with Crippen LogP contribution in [-0.4, -0.2) is 64.5 Å². The van der Waals surface area contributed by atoms with Crippen LogP contribution in [0.4, 0.5) is 5.82 Å². The molecule has 1 saturated heterocycles. The fourth-order valence-corrected chi connectivity index (χ4v) is 4.74. The second kappa shape index (κ2) is 10.5. The highest BCUT2D eigenvalue weighted by Gasteiger charge is 2.27. The number of anilines is 1. The topological polar surface area (TPSA) is 82.8 Å². The van der Waals surface area contributed by atoms with Gasteiger partial charge in [-0.1, -0.05) is 36.4 Å². The molecule has 9 heteroatoms. The van der Waals surface area contributed by atoms with Crippen LogP contribution in [0, 0.1) is 0 Å². The third-order valence-electron chi connectivity index (χ3n) is 5.95. The first kappa shape index (κ1) is 22.8. The first-order valence-corrected chi connectivity index (χ1v) is 12.3. The van der Waals surface area contributed by atoms with Gasteiger partial charge in [-0.25, -0.2) is 0 Å². The van der Waals surface area contributed by atoms with Crippen LogP contribution in [0.5, 0.6) is 0 Å². The van der Waals surface area contributed by atoms with Crippen LogP contribution >= 0.6 is 11.3 Å². The molecule has 0 radical (unpaired) electrons. The molecule has 1 aliphatic rings. The van der Waals surface area contributed by atoms with E-state index in [9.17, 15) is 9.59 Å². The molecule has 1 aromatic carbocycles. The lowest BCUT2D eigenvalue weighted by molar-refractivity contribution is -0.132. The molecule has 0 bridgehead atoms. The molecule has 178 valence electrons. The lowest BCUT2D eigenvalue weighted by Crippen LogP contribution is -2.52. The molecule has 2 amide bonds. The first-order valence-electron chi connectivity index (χ1n) is 11.4. The van der Waals surface area contributed by atoms with Crippen LogP contribution in [0.25, 0.3) is 11.3 Å². The number of amides is 2. The number of piperazine rings is 1. The summed E-state index contributed by atoms with van der Waals surface area (Å²) in [6.45, 7) is 2.68. The lowest BCUT2D eigenvalue weighted by Gasteiger charge is -2.36. The van der Waals surface area contributed by atoms with Crippen LogP contribution in [0.15, 0.2) is 82.8 Å². The maximum absolute atomic E-state index is 13.1. The Bertz CT molecular complexity index is 1240. The van der Waals surface area contributed by atoms with Crippen LogP contribution in [0.2, 0.25) is 0 Å². The van der Waals surface area contributed by atoms with Gasteiger partial charge in [0.2, 0.25) is 5.91 Å². The molecule has 4 heterocycles. The Morgan fingerprint density at radius 1 is 0.914 bits per heavy atom. The van der Waals surface area contributed by atoms with Gasteiger partial charge in [-0.2, -0.15) is 0 Å². The fourth-order valence-electron chi connectivity index (χ4n) is 4.05. The Hall–Kier alpha value is -3.98. The lowest BCUT2D eigenvalue weighted by atomic mass is 10.1. The predicted octanol–water partition coefficient (Wildman–Crippen LogP) is 3.79. The number of carbonyl (C=O) groups excluding carboxylic acids is 2. The average molecular weight is 488 g/mol. The van der Waals surface area contributed by atoms with E-state index in [2.05, 4.69) is 15.1 Å². The van der Waals surface area contributed by atoms with Gasteiger partial charge >= 0.3 is 0 Å². The van der Waals surface area contributed by atoms with Gasteiger partial charge in [0.25, 0.3) is 5.91 Å². The van der Waals surface area contributed by atoms with Crippen molar-refractivity contribution >= 4 is 29.0 Å². The zero-order valence-corrected chi connectivity index (χ0v) is 19.9. The number of thiophene rings is 1. The smallest absolute Gasteiger partial charge is 0.264 e. The molecular formula is C26H25N5O3S. The largest absolute Gasteiger partial charge is 0.467 e. The standard InChI is InChI=1S/C26H25N5O3S/c32-25(19-31(18-21-8-4-16-34-21)26(33)23-9-5-17-35-23)30-14-12-29(13-15-30)24-11-10-22(27-28-24)20-6-2-1-3-7-20/h1-11,16-17H,12-15,18-19H2. The third-order valence-corrected chi connectivity index (χ3v) is 6.81. The van der Waals surface area contributed by atoms with Crippen LogP contribution in [-0.2, 0) is 11.3 Å². The molecule has 0 spiro atoms. The highest BCUT2D eigenvalue weighted by molar-refractivity contribution is 7.12. The minimum atomic E-state index is -0.169. The van der Waals surface area contributed by atoms with Crippen molar-refractivity contribution in [1.29, 1.82) is 0 Å². The summed E-state index contributed by atoms with van der Waals surface area (Å²) in [5, 5.41) is 10.6. The molecule has 1 fully saturated rings. The molecule has 0 saturated carbocycles. The maximum Gasteiger partial charge on any atom is 0.264 e. The average Bonchev–Trinajstić information content (AvgIpc) is 3.64.